The van der Waals surface area contributed by atoms with Gasteiger partial charge in [0.2, 0.25) is 5.91 Å². The molecular formula is C12H20N6O2S. The minimum Gasteiger partial charge on any atom is -0.382 e. The zero-order valence-corrected chi connectivity index (χ0v) is 12.8. The van der Waals surface area contributed by atoms with Gasteiger partial charge in [0.15, 0.2) is 5.13 Å². The van der Waals surface area contributed by atoms with Crippen molar-refractivity contribution in [3.8, 4) is 0 Å². The number of carbonyl (C=O) groups excluding carboxylic acids is 2. The van der Waals surface area contributed by atoms with Crippen LogP contribution in [0.3, 0.4) is 0 Å². The zero-order chi connectivity index (χ0) is 15.4. The summed E-state index contributed by atoms with van der Waals surface area (Å²) in [4.78, 5) is 31.7. The van der Waals surface area contributed by atoms with Crippen LogP contribution in [0.2, 0.25) is 0 Å². The molecule has 1 aromatic rings. The summed E-state index contributed by atoms with van der Waals surface area (Å²) < 4.78 is 0. The minimum absolute atomic E-state index is 0.107. The molecule has 2 rings (SSSR count). The van der Waals surface area contributed by atoms with E-state index in [0.717, 1.165) is 31.3 Å². The molecule has 0 unspecified atom stereocenters. The number of nitrogen functional groups attached to an aromatic ring is 1. The lowest BCUT2D eigenvalue weighted by Crippen LogP contribution is -2.44. The number of rotatable bonds is 5. The van der Waals surface area contributed by atoms with E-state index in [-0.39, 0.29) is 24.7 Å². The van der Waals surface area contributed by atoms with Gasteiger partial charge >= 0.3 is 0 Å². The van der Waals surface area contributed by atoms with Gasteiger partial charge < -0.3 is 26.6 Å². The van der Waals surface area contributed by atoms with Gasteiger partial charge in [-0.25, -0.2) is 4.98 Å². The molecular weight excluding hydrogens is 292 g/mol. The Morgan fingerprint density at radius 3 is 2.62 bits per heavy atom. The van der Waals surface area contributed by atoms with Crippen molar-refractivity contribution in [3.05, 3.63) is 4.88 Å². The summed E-state index contributed by atoms with van der Waals surface area (Å²) in [7, 11) is 2.07. The van der Waals surface area contributed by atoms with Crippen LogP contribution in [0.1, 0.15) is 16.1 Å². The fourth-order valence-corrected chi connectivity index (χ4v) is 2.95. The second-order valence-corrected chi connectivity index (χ2v) is 5.95. The summed E-state index contributed by atoms with van der Waals surface area (Å²) in [5, 5.41) is 3.38. The number of primary amides is 1. The van der Waals surface area contributed by atoms with E-state index in [4.69, 9.17) is 11.5 Å². The van der Waals surface area contributed by atoms with E-state index in [2.05, 4.69) is 27.1 Å². The number of carbonyl (C=O) groups is 2. The summed E-state index contributed by atoms with van der Waals surface area (Å²) in [6.07, 6.45) is 0.107. The molecule has 0 aliphatic carbocycles. The molecule has 2 amide bonds. The fourth-order valence-electron chi connectivity index (χ4n) is 2.00. The number of anilines is 2. The molecule has 1 saturated heterocycles. The highest BCUT2D eigenvalue weighted by Crippen LogP contribution is 2.28. The third kappa shape index (κ3) is 4.05. The molecule has 5 N–H and O–H groups in total. The Kier molecular flexibility index (Phi) is 4.97. The van der Waals surface area contributed by atoms with Crippen molar-refractivity contribution in [1.82, 2.24) is 15.2 Å². The van der Waals surface area contributed by atoms with Crippen LogP contribution in [-0.2, 0) is 4.79 Å². The molecule has 1 aromatic heterocycles. The SMILES string of the molecule is CN1CCN(c2nc(N)c(C(=O)NCCC(N)=O)s2)CC1. The Hall–Kier alpha value is -1.87. The Balaban J connectivity index is 1.98. The molecule has 1 fully saturated rings. The first kappa shape index (κ1) is 15.5. The number of thiazole rings is 1. The number of nitrogens with two attached hydrogens (primary N) is 2. The number of hydrogen-bond donors (Lipinski definition) is 3. The molecule has 21 heavy (non-hydrogen) atoms. The Morgan fingerprint density at radius 1 is 1.33 bits per heavy atom. The lowest BCUT2D eigenvalue weighted by Gasteiger charge is -2.31. The van der Waals surface area contributed by atoms with E-state index in [1.54, 1.807) is 0 Å². The maximum atomic E-state index is 12.0. The average molecular weight is 312 g/mol. The molecule has 2 heterocycles. The molecule has 0 atom stereocenters. The van der Waals surface area contributed by atoms with Gasteiger partial charge in [0.1, 0.15) is 10.7 Å². The zero-order valence-electron chi connectivity index (χ0n) is 12.0. The molecule has 1 aliphatic rings. The Morgan fingerprint density at radius 2 is 2.00 bits per heavy atom. The van der Waals surface area contributed by atoms with Crippen molar-refractivity contribution in [2.24, 2.45) is 5.73 Å². The van der Waals surface area contributed by atoms with Gasteiger partial charge in [-0.2, -0.15) is 0 Å². The van der Waals surface area contributed by atoms with Crippen LogP contribution in [0.5, 0.6) is 0 Å². The highest BCUT2D eigenvalue weighted by Gasteiger charge is 2.21. The lowest BCUT2D eigenvalue weighted by atomic mass is 10.3. The van der Waals surface area contributed by atoms with Crippen LogP contribution in [0.25, 0.3) is 0 Å². The van der Waals surface area contributed by atoms with Crippen LogP contribution in [0.15, 0.2) is 0 Å². The van der Waals surface area contributed by atoms with Crippen molar-refractivity contribution < 1.29 is 9.59 Å². The van der Waals surface area contributed by atoms with Crippen molar-refractivity contribution in [1.29, 1.82) is 0 Å². The van der Waals surface area contributed by atoms with E-state index in [0.29, 0.717) is 4.88 Å². The van der Waals surface area contributed by atoms with Gasteiger partial charge in [-0.15, -0.1) is 0 Å². The van der Waals surface area contributed by atoms with E-state index in [9.17, 15) is 9.59 Å². The number of nitrogens with one attached hydrogen (secondary N) is 1. The lowest BCUT2D eigenvalue weighted by molar-refractivity contribution is -0.117. The predicted molar refractivity (Wildman–Crippen MR) is 82.4 cm³/mol. The van der Waals surface area contributed by atoms with E-state index in [1.807, 2.05) is 0 Å². The minimum atomic E-state index is -0.453. The number of nitrogens with zero attached hydrogens (tertiary/aromatic N) is 3. The van der Waals surface area contributed by atoms with Crippen LogP contribution in [0, 0.1) is 0 Å². The summed E-state index contributed by atoms with van der Waals surface area (Å²) in [6.45, 7) is 3.85. The third-order valence-corrected chi connectivity index (χ3v) is 4.41. The normalized spacial score (nSPS) is 16.0. The smallest absolute Gasteiger partial charge is 0.265 e. The maximum absolute atomic E-state index is 12.0. The molecule has 9 heteroatoms. The summed E-state index contributed by atoms with van der Waals surface area (Å²) in [5.41, 5.74) is 10.8. The first-order valence-corrected chi connectivity index (χ1v) is 7.55. The quantitative estimate of drug-likeness (QED) is 0.647. The third-order valence-electron chi connectivity index (χ3n) is 3.28. The number of hydrogen-bond acceptors (Lipinski definition) is 7. The van der Waals surface area contributed by atoms with Gasteiger partial charge in [-0.1, -0.05) is 11.3 Å². The molecule has 0 spiro atoms. The van der Waals surface area contributed by atoms with Gasteiger partial charge in [0, 0.05) is 39.1 Å². The topological polar surface area (TPSA) is 118 Å². The number of amides is 2. The van der Waals surface area contributed by atoms with Crippen molar-refractivity contribution in [2.45, 2.75) is 6.42 Å². The first-order chi connectivity index (χ1) is 9.97. The van der Waals surface area contributed by atoms with Gasteiger partial charge in [0.05, 0.1) is 0 Å². The highest BCUT2D eigenvalue weighted by atomic mass is 32.1. The predicted octanol–water partition coefficient (Wildman–Crippen LogP) is -0.918. The monoisotopic (exact) mass is 312 g/mol. The molecule has 0 radical (unpaired) electrons. The van der Waals surface area contributed by atoms with Crippen LogP contribution in [-0.4, -0.2) is 61.5 Å². The standard InChI is InChI=1S/C12H20N6O2S/c1-17-4-6-18(7-5-17)12-16-10(14)9(21-12)11(20)15-3-2-8(13)19/h2-7,14H2,1H3,(H2,13,19)(H,15,20). The van der Waals surface area contributed by atoms with Crippen molar-refractivity contribution >= 4 is 34.1 Å². The van der Waals surface area contributed by atoms with Crippen LogP contribution >= 0.6 is 11.3 Å². The highest BCUT2D eigenvalue weighted by molar-refractivity contribution is 7.18. The van der Waals surface area contributed by atoms with Gasteiger partial charge in [-0.3, -0.25) is 9.59 Å². The average Bonchev–Trinajstić information content (AvgIpc) is 2.81. The van der Waals surface area contributed by atoms with E-state index >= 15 is 0 Å². The summed E-state index contributed by atoms with van der Waals surface area (Å²) in [5.74, 6) is -0.539. The van der Waals surface area contributed by atoms with E-state index < -0.39 is 5.91 Å². The molecule has 0 aromatic carbocycles. The first-order valence-electron chi connectivity index (χ1n) is 6.73. The van der Waals surface area contributed by atoms with Gasteiger partial charge in [-0.05, 0) is 7.05 Å². The largest absolute Gasteiger partial charge is 0.382 e. The summed E-state index contributed by atoms with van der Waals surface area (Å²) >= 11 is 1.28. The van der Waals surface area contributed by atoms with Gasteiger partial charge in [0.25, 0.3) is 5.91 Å². The number of piperazine rings is 1. The molecule has 116 valence electrons. The second-order valence-electron chi connectivity index (χ2n) is 4.97. The van der Waals surface area contributed by atoms with Crippen LogP contribution < -0.4 is 21.7 Å². The van der Waals surface area contributed by atoms with Crippen LogP contribution in [0.4, 0.5) is 10.9 Å². The Bertz CT molecular complexity index is 524. The second kappa shape index (κ2) is 6.72. The Labute approximate surface area is 127 Å². The summed E-state index contributed by atoms with van der Waals surface area (Å²) in [6, 6.07) is 0. The molecule has 1 aliphatic heterocycles. The van der Waals surface area contributed by atoms with E-state index in [1.165, 1.54) is 11.3 Å². The number of aromatic nitrogens is 1. The maximum Gasteiger partial charge on any atom is 0.265 e. The number of likely N-dealkylation sites (N-methyl/N-ethyl adjacent to an activating group) is 1. The molecule has 0 saturated carbocycles. The van der Waals surface area contributed by atoms with Crippen molar-refractivity contribution in [2.75, 3.05) is 50.4 Å². The van der Waals surface area contributed by atoms with Crippen molar-refractivity contribution in [3.63, 3.8) is 0 Å². The fraction of sp³-hybridized carbons (Fsp3) is 0.583. The molecule has 0 bridgehead atoms. The molecule has 8 nitrogen and oxygen atoms in total.